The number of halogens is 1. The van der Waals surface area contributed by atoms with Gasteiger partial charge in [0.1, 0.15) is 12.4 Å². The lowest BCUT2D eigenvalue weighted by atomic mass is 10.1. The van der Waals surface area contributed by atoms with Crippen molar-refractivity contribution in [2.75, 3.05) is 13.2 Å². The minimum absolute atomic E-state index is 0.00653. The highest BCUT2D eigenvalue weighted by Crippen LogP contribution is 2.09. The average molecular weight is 264 g/mol. The van der Waals surface area contributed by atoms with Gasteiger partial charge < -0.3 is 16.2 Å². The zero-order valence-electron chi connectivity index (χ0n) is 10.1. The van der Waals surface area contributed by atoms with Crippen molar-refractivity contribution < 1.29 is 19.1 Å². The molecule has 0 spiro atoms. The van der Waals surface area contributed by atoms with Crippen molar-refractivity contribution in [1.29, 1.82) is 0 Å². The van der Waals surface area contributed by atoms with E-state index in [1.54, 1.807) is 0 Å². The first kappa shape index (κ1) is 14.7. The number of nitrogens with two attached hydrogens (primary N) is 1. The van der Waals surface area contributed by atoms with E-state index in [1.807, 2.05) is 0 Å². The molecule has 0 bridgehead atoms. The van der Waals surface area contributed by atoms with Gasteiger partial charge in [-0.2, -0.15) is 0 Å². The molecule has 6 heteroatoms. The summed E-state index contributed by atoms with van der Waals surface area (Å²) in [5.41, 5.74) is 5.14. The molecule has 0 aliphatic carbocycles. The Bertz CT molecular complexity index is 547. The Kier molecular flexibility index (Phi) is 5.51. The lowest BCUT2D eigenvalue weighted by molar-refractivity contribution is -0.117. The number of hydrogen-bond acceptors (Lipinski definition) is 3. The second kappa shape index (κ2) is 7.13. The van der Waals surface area contributed by atoms with Gasteiger partial charge in [-0.3, -0.25) is 9.59 Å². The second-order valence-corrected chi connectivity index (χ2v) is 3.63. The van der Waals surface area contributed by atoms with E-state index in [0.717, 1.165) is 6.07 Å². The van der Waals surface area contributed by atoms with E-state index < -0.39 is 17.6 Å². The van der Waals surface area contributed by atoms with Gasteiger partial charge >= 0.3 is 0 Å². The van der Waals surface area contributed by atoms with Crippen LogP contribution in [-0.4, -0.2) is 30.1 Å². The second-order valence-electron chi connectivity index (χ2n) is 3.63. The first-order valence-corrected chi connectivity index (χ1v) is 5.50. The molecule has 0 aliphatic heterocycles. The highest BCUT2D eigenvalue weighted by Gasteiger charge is 2.11. The van der Waals surface area contributed by atoms with E-state index in [9.17, 15) is 14.0 Å². The Morgan fingerprint density at radius 2 is 2.16 bits per heavy atom. The molecule has 0 saturated heterocycles. The Labute approximate surface area is 109 Å². The predicted molar refractivity (Wildman–Crippen MR) is 66.5 cm³/mol. The zero-order valence-corrected chi connectivity index (χ0v) is 10.1. The number of hydrogen-bond donors (Lipinski definition) is 3. The van der Waals surface area contributed by atoms with Gasteiger partial charge in [-0.25, -0.2) is 4.39 Å². The van der Waals surface area contributed by atoms with Gasteiger partial charge in [0.15, 0.2) is 0 Å². The monoisotopic (exact) mass is 264 g/mol. The van der Waals surface area contributed by atoms with E-state index in [2.05, 4.69) is 17.2 Å². The number of amides is 2. The highest BCUT2D eigenvalue weighted by atomic mass is 19.1. The standard InChI is InChI=1S/C13H13FN2O3/c14-11-8-9(2-1-7-17)3-4-10(11)13(19)16-6-5-12(15)18/h3-4,8,17H,5-7H2,(H2,15,18)(H,16,19). The lowest BCUT2D eigenvalue weighted by Crippen LogP contribution is -2.28. The van der Waals surface area contributed by atoms with E-state index in [4.69, 9.17) is 10.8 Å². The molecule has 0 radical (unpaired) electrons. The summed E-state index contributed by atoms with van der Waals surface area (Å²) < 4.78 is 13.6. The van der Waals surface area contributed by atoms with Crippen LogP contribution in [0.3, 0.4) is 0 Å². The lowest BCUT2D eigenvalue weighted by Gasteiger charge is -2.05. The molecular formula is C13H13FN2O3. The number of carbonyl (C=O) groups excluding carboxylic acids is 2. The van der Waals surface area contributed by atoms with Gasteiger partial charge in [-0.1, -0.05) is 11.8 Å². The first-order chi connectivity index (χ1) is 9.04. The zero-order chi connectivity index (χ0) is 14.3. The quantitative estimate of drug-likeness (QED) is 0.656. The van der Waals surface area contributed by atoms with Crippen LogP contribution in [0.1, 0.15) is 22.3 Å². The fraction of sp³-hybridized carbons (Fsp3) is 0.231. The topological polar surface area (TPSA) is 92.4 Å². The van der Waals surface area contributed by atoms with Crippen LogP contribution in [0.2, 0.25) is 0 Å². The van der Waals surface area contributed by atoms with E-state index in [0.29, 0.717) is 5.56 Å². The third kappa shape index (κ3) is 4.77. The van der Waals surface area contributed by atoms with Crippen LogP contribution < -0.4 is 11.1 Å². The maximum atomic E-state index is 13.6. The number of carbonyl (C=O) groups is 2. The summed E-state index contributed by atoms with van der Waals surface area (Å²) in [6, 6.07) is 3.86. The Balaban J connectivity index is 2.73. The van der Waals surface area contributed by atoms with Crippen molar-refractivity contribution in [3.63, 3.8) is 0 Å². The van der Waals surface area contributed by atoms with Crippen LogP contribution in [0.4, 0.5) is 4.39 Å². The van der Waals surface area contributed by atoms with Crippen molar-refractivity contribution in [2.45, 2.75) is 6.42 Å². The normalized spacial score (nSPS) is 9.37. The maximum absolute atomic E-state index is 13.6. The number of aliphatic hydroxyl groups excluding tert-OH is 1. The molecule has 0 atom stereocenters. The van der Waals surface area contributed by atoms with E-state index in [-0.39, 0.29) is 25.1 Å². The average Bonchev–Trinajstić information content (AvgIpc) is 2.35. The van der Waals surface area contributed by atoms with Gasteiger partial charge in [-0.05, 0) is 18.2 Å². The highest BCUT2D eigenvalue weighted by molar-refractivity contribution is 5.94. The van der Waals surface area contributed by atoms with Crippen LogP contribution in [0.25, 0.3) is 0 Å². The van der Waals surface area contributed by atoms with Gasteiger partial charge in [0.2, 0.25) is 5.91 Å². The molecule has 0 unspecified atom stereocenters. The summed E-state index contributed by atoms with van der Waals surface area (Å²) in [7, 11) is 0. The number of rotatable bonds is 4. The minimum Gasteiger partial charge on any atom is -0.384 e. The van der Waals surface area contributed by atoms with E-state index >= 15 is 0 Å². The SMILES string of the molecule is NC(=O)CCNC(=O)c1ccc(C#CCO)cc1F. The molecule has 1 rings (SSSR count). The smallest absolute Gasteiger partial charge is 0.254 e. The summed E-state index contributed by atoms with van der Waals surface area (Å²) in [4.78, 5) is 22.1. The van der Waals surface area contributed by atoms with Crippen molar-refractivity contribution in [3.05, 3.63) is 35.1 Å². The molecule has 0 saturated carbocycles. The Hall–Kier alpha value is -2.39. The van der Waals surface area contributed by atoms with Gasteiger partial charge in [-0.15, -0.1) is 0 Å². The fourth-order valence-corrected chi connectivity index (χ4v) is 1.31. The molecule has 0 heterocycles. The Morgan fingerprint density at radius 3 is 2.74 bits per heavy atom. The molecule has 19 heavy (non-hydrogen) atoms. The van der Waals surface area contributed by atoms with Crippen LogP contribution in [0, 0.1) is 17.7 Å². The molecule has 5 nitrogen and oxygen atoms in total. The number of primary amides is 1. The molecule has 1 aromatic carbocycles. The van der Waals surface area contributed by atoms with Crippen molar-refractivity contribution in [1.82, 2.24) is 5.32 Å². The molecule has 0 fully saturated rings. The third-order valence-electron chi connectivity index (χ3n) is 2.18. The fourth-order valence-electron chi connectivity index (χ4n) is 1.31. The largest absolute Gasteiger partial charge is 0.384 e. The van der Waals surface area contributed by atoms with Crippen molar-refractivity contribution in [2.24, 2.45) is 5.73 Å². The van der Waals surface area contributed by atoms with Gasteiger partial charge in [0.25, 0.3) is 5.91 Å². The number of benzene rings is 1. The summed E-state index contributed by atoms with van der Waals surface area (Å²) in [5.74, 6) is 3.01. The van der Waals surface area contributed by atoms with Crippen LogP contribution in [0.5, 0.6) is 0 Å². The third-order valence-corrected chi connectivity index (χ3v) is 2.18. The van der Waals surface area contributed by atoms with E-state index in [1.165, 1.54) is 12.1 Å². The summed E-state index contributed by atoms with van der Waals surface area (Å²) in [6.07, 6.45) is -0.00653. The maximum Gasteiger partial charge on any atom is 0.254 e. The molecule has 100 valence electrons. The molecule has 4 N–H and O–H groups in total. The van der Waals surface area contributed by atoms with Gasteiger partial charge in [0.05, 0.1) is 5.56 Å². The van der Waals surface area contributed by atoms with Crippen LogP contribution in [0.15, 0.2) is 18.2 Å². The number of aliphatic hydroxyl groups is 1. The number of nitrogens with one attached hydrogen (secondary N) is 1. The van der Waals surface area contributed by atoms with Crippen LogP contribution in [-0.2, 0) is 4.79 Å². The summed E-state index contributed by atoms with van der Waals surface area (Å²) in [5, 5.41) is 10.9. The molecule has 0 aromatic heterocycles. The van der Waals surface area contributed by atoms with Gasteiger partial charge in [0, 0.05) is 18.5 Å². The van der Waals surface area contributed by atoms with Crippen molar-refractivity contribution >= 4 is 11.8 Å². The Morgan fingerprint density at radius 1 is 1.42 bits per heavy atom. The van der Waals surface area contributed by atoms with Crippen LogP contribution >= 0.6 is 0 Å². The first-order valence-electron chi connectivity index (χ1n) is 5.50. The molecule has 2 amide bonds. The molecule has 1 aromatic rings. The summed E-state index contributed by atoms with van der Waals surface area (Å²) in [6.45, 7) is -0.267. The minimum atomic E-state index is -0.721. The predicted octanol–water partition coefficient (Wildman–Crippen LogP) is -0.225. The molecular weight excluding hydrogens is 251 g/mol. The molecule has 0 aliphatic rings. The van der Waals surface area contributed by atoms with Crippen molar-refractivity contribution in [3.8, 4) is 11.8 Å². The summed E-state index contributed by atoms with van der Waals surface area (Å²) >= 11 is 0.